The number of benzene rings is 2. The molecule has 0 radical (unpaired) electrons. The molecular weight excluding hydrogens is 314 g/mol. The first kappa shape index (κ1) is 17.8. The summed E-state index contributed by atoms with van der Waals surface area (Å²) in [5.74, 6) is 1.68. The first-order valence-electron chi connectivity index (χ1n) is 8.88. The quantitative estimate of drug-likeness (QED) is 0.759. The molecule has 0 spiro atoms. The van der Waals surface area contributed by atoms with Crippen molar-refractivity contribution in [2.75, 3.05) is 20.3 Å². The zero-order valence-corrected chi connectivity index (χ0v) is 15.0. The van der Waals surface area contributed by atoms with Crippen molar-refractivity contribution < 1.29 is 14.6 Å². The van der Waals surface area contributed by atoms with Crippen LogP contribution in [0.1, 0.15) is 24.0 Å². The lowest BCUT2D eigenvalue weighted by Gasteiger charge is -2.25. The monoisotopic (exact) mass is 341 g/mol. The Morgan fingerprint density at radius 3 is 2.52 bits per heavy atom. The van der Waals surface area contributed by atoms with Gasteiger partial charge in [0, 0.05) is 19.1 Å². The van der Waals surface area contributed by atoms with Crippen molar-refractivity contribution in [2.45, 2.75) is 38.5 Å². The number of ether oxygens (including phenoxy) is 2. The molecule has 3 rings (SSSR count). The van der Waals surface area contributed by atoms with Gasteiger partial charge in [-0.05, 0) is 55.2 Å². The van der Waals surface area contributed by atoms with Crippen LogP contribution in [0.2, 0.25) is 0 Å². The van der Waals surface area contributed by atoms with Crippen molar-refractivity contribution in [3.05, 3.63) is 59.7 Å². The van der Waals surface area contributed by atoms with E-state index in [2.05, 4.69) is 17.0 Å². The van der Waals surface area contributed by atoms with Crippen LogP contribution in [-0.4, -0.2) is 42.4 Å². The predicted molar refractivity (Wildman–Crippen MR) is 99.1 cm³/mol. The maximum Gasteiger partial charge on any atom is 0.119 e. The number of rotatable bonds is 9. The SMILES string of the molecule is COc1ccc(CN(C[C@@H](O)COc2cccc(C)c2)C2CC2)cc1. The van der Waals surface area contributed by atoms with Gasteiger partial charge in [-0.25, -0.2) is 0 Å². The van der Waals surface area contributed by atoms with Crippen LogP contribution in [0.5, 0.6) is 11.5 Å². The van der Waals surface area contributed by atoms with Gasteiger partial charge in [-0.2, -0.15) is 0 Å². The van der Waals surface area contributed by atoms with Crippen LogP contribution in [0.25, 0.3) is 0 Å². The van der Waals surface area contributed by atoms with Crippen molar-refractivity contribution in [3.63, 3.8) is 0 Å². The average molecular weight is 341 g/mol. The minimum Gasteiger partial charge on any atom is -0.497 e. The molecule has 4 nitrogen and oxygen atoms in total. The Hall–Kier alpha value is -2.04. The van der Waals surface area contributed by atoms with Gasteiger partial charge in [0.15, 0.2) is 0 Å². The van der Waals surface area contributed by atoms with E-state index in [1.165, 1.54) is 18.4 Å². The smallest absolute Gasteiger partial charge is 0.119 e. The van der Waals surface area contributed by atoms with E-state index in [0.717, 1.165) is 23.6 Å². The van der Waals surface area contributed by atoms with Gasteiger partial charge in [0.05, 0.1) is 7.11 Å². The summed E-state index contributed by atoms with van der Waals surface area (Å²) in [4.78, 5) is 2.35. The van der Waals surface area contributed by atoms with Gasteiger partial charge < -0.3 is 14.6 Å². The van der Waals surface area contributed by atoms with Gasteiger partial charge in [0.1, 0.15) is 24.2 Å². The van der Waals surface area contributed by atoms with E-state index in [0.29, 0.717) is 19.2 Å². The van der Waals surface area contributed by atoms with Crippen LogP contribution in [0.4, 0.5) is 0 Å². The Morgan fingerprint density at radius 2 is 1.88 bits per heavy atom. The summed E-state index contributed by atoms with van der Waals surface area (Å²) in [5.41, 5.74) is 2.39. The Bertz CT molecular complexity index is 667. The standard InChI is InChI=1S/C21H27NO3/c1-16-4-3-5-21(12-16)25-15-19(23)14-22(18-8-9-18)13-17-6-10-20(24-2)11-7-17/h3-7,10-12,18-19,23H,8-9,13-15H2,1-2H3/t19-/m1/s1. The van der Waals surface area contributed by atoms with Crippen molar-refractivity contribution in [1.29, 1.82) is 0 Å². The van der Waals surface area contributed by atoms with Crippen LogP contribution in [0.15, 0.2) is 48.5 Å². The highest BCUT2D eigenvalue weighted by atomic mass is 16.5. The molecule has 1 aliphatic rings. The first-order valence-corrected chi connectivity index (χ1v) is 8.88. The van der Waals surface area contributed by atoms with E-state index < -0.39 is 6.10 Å². The van der Waals surface area contributed by atoms with Crippen LogP contribution in [0.3, 0.4) is 0 Å². The van der Waals surface area contributed by atoms with E-state index in [1.54, 1.807) is 7.11 Å². The third-order valence-corrected chi connectivity index (χ3v) is 4.49. The normalized spacial score (nSPS) is 15.2. The Labute approximate surface area is 150 Å². The molecule has 2 aromatic carbocycles. The summed E-state index contributed by atoms with van der Waals surface area (Å²) >= 11 is 0. The molecule has 1 saturated carbocycles. The molecule has 1 fully saturated rings. The first-order chi connectivity index (χ1) is 12.1. The highest BCUT2D eigenvalue weighted by molar-refractivity contribution is 5.28. The Morgan fingerprint density at radius 1 is 1.12 bits per heavy atom. The third-order valence-electron chi connectivity index (χ3n) is 4.49. The van der Waals surface area contributed by atoms with E-state index in [4.69, 9.17) is 9.47 Å². The maximum atomic E-state index is 10.4. The third kappa shape index (κ3) is 5.48. The fourth-order valence-electron chi connectivity index (χ4n) is 2.97. The molecule has 4 heteroatoms. The number of nitrogens with zero attached hydrogens (tertiary/aromatic N) is 1. The highest BCUT2D eigenvalue weighted by Crippen LogP contribution is 2.29. The molecule has 2 aromatic rings. The number of methoxy groups -OCH3 is 1. The molecule has 0 aromatic heterocycles. The van der Waals surface area contributed by atoms with Crippen molar-refractivity contribution >= 4 is 0 Å². The second kappa shape index (κ2) is 8.37. The van der Waals surface area contributed by atoms with Crippen molar-refractivity contribution in [2.24, 2.45) is 0 Å². The molecule has 1 aliphatic carbocycles. The molecule has 1 N–H and O–H groups in total. The summed E-state index contributed by atoms with van der Waals surface area (Å²) < 4.78 is 10.9. The highest BCUT2D eigenvalue weighted by Gasteiger charge is 2.30. The number of aryl methyl sites for hydroxylation is 1. The fourth-order valence-corrected chi connectivity index (χ4v) is 2.97. The summed E-state index contributed by atoms with van der Waals surface area (Å²) in [5, 5.41) is 10.4. The zero-order chi connectivity index (χ0) is 17.6. The van der Waals surface area contributed by atoms with Gasteiger partial charge in [-0.1, -0.05) is 24.3 Å². The van der Waals surface area contributed by atoms with Crippen LogP contribution < -0.4 is 9.47 Å². The van der Waals surface area contributed by atoms with Gasteiger partial charge in [-0.15, -0.1) is 0 Å². The van der Waals surface area contributed by atoms with Gasteiger partial charge >= 0.3 is 0 Å². The number of hydrogen-bond acceptors (Lipinski definition) is 4. The average Bonchev–Trinajstić information content (AvgIpc) is 3.45. The summed E-state index contributed by atoms with van der Waals surface area (Å²) in [6.45, 7) is 3.82. The summed E-state index contributed by atoms with van der Waals surface area (Å²) in [7, 11) is 1.68. The van der Waals surface area contributed by atoms with E-state index in [-0.39, 0.29) is 0 Å². The zero-order valence-electron chi connectivity index (χ0n) is 15.0. The molecule has 0 aliphatic heterocycles. The molecule has 0 amide bonds. The number of hydrogen-bond donors (Lipinski definition) is 1. The van der Waals surface area contributed by atoms with Gasteiger partial charge in [0.25, 0.3) is 0 Å². The molecule has 0 saturated heterocycles. The Balaban J connectivity index is 1.52. The lowest BCUT2D eigenvalue weighted by atomic mass is 10.2. The lowest BCUT2D eigenvalue weighted by Crippen LogP contribution is -2.36. The molecule has 0 bridgehead atoms. The Kier molecular flexibility index (Phi) is 5.95. The van der Waals surface area contributed by atoms with Crippen LogP contribution in [-0.2, 0) is 6.54 Å². The summed E-state index contributed by atoms with van der Waals surface area (Å²) in [6, 6.07) is 16.6. The topological polar surface area (TPSA) is 41.9 Å². The predicted octanol–water partition coefficient (Wildman–Crippen LogP) is 3.41. The number of aliphatic hydroxyl groups is 1. The summed E-state index contributed by atoms with van der Waals surface area (Å²) in [6.07, 6.45) is 1.92. The van der Waals surface area contributed by atoms with Crippen molar-refractivity contribution in [3.8, 4) is 11.5 Å². The van der Waals surface area contributed by atoms with Crippen LogP contribution in [0, 0.1) is 6.92 Å². The molecule has 134 valence electrons. The molecule has 0 unspecified atom stereocenters. The van der Waals surface area contributed by atoms with E-state index in [9.17, 15) is 5.11 Å². The fraction of sp³-hybridized carbons (Fsp3) is 0.429. The lowest BCUT2D eigenvalue weighted by molar-refractivity contribution is 0.0626. The van der Waals surface area contributed by atoms with E-state index in [1.807, 2.05) is 43.3 Å². The van der Waals surface area contributed by atoms with Gasteiger partial charge in [-0.3, -0.25) is 4.90 Å². The minimum atomic E-state index is -0.501. The maximum absolute atomic E-state index is 10.4. The van der Waals surface area contributed by atoms with Gasteiger partial charge in [0.2, 0.25) is 0 Å². The second-order valence-electron chi connectivity index (χ2n) is 6.79. The molecule has 25 heavy (non-hydrogen) atoms. The van der Waals surface area contributed by atoms with E-state index >= 15 is 0 Å². The second-order valence-corrected chi connectivity index (χ2v) is 6.79. The molecule has 1 atom stereocenters. The van der Waals surface area contributed by atoms with Crippen LogP contribution >= 0.6 is 0 Å². The largest absolute Gasteiger partial charge is 0.497 e. The molecule has 0 heterocycles. The number of aliphatic hydroxyl groups excluding tert-OH is 1. The molecular formula is C21H27NO3. The van der Waals surface area contributed by atoms with Crippen molar-refractivity contribution in [1.82, 2.24) is 4.90 Å². The minimum absolute atomic E-state index is 0.315.